The number of hydrogen-bond acceptors (Lipinski definition) is 2. The normalized spacial score (nSPS) is 11.9. The zero-order valence-corrected chi connectivity index (χ0v) is 15.5. The van der Waals surface area contributed by atoms with Crippen LogP contribution in [-0.2, 0) is 9.53 Å². The Morgan fingerprint density at radius 3 is 2.28 bits per heavy atom. The highest BCUT2D eigenvalue weighted by Crippen LogP contribution is 2.29. The van der Waals surface area contributed by atoms with Gasteiger partial charge in [0.05, 0.1) is 6.61 Å². The van der Waals surface area contributed by atoms with E-state index in [0.717, 1.165) is 19.3 Å². The van der Waals surface area contributed by atoms with Crippen LogP contribution >= 0.6 is 0 Å². The molecule has 2 rings (SSSR count). The van der Waals surface area contributed by atoms with E-state index in [9.17, 15) is 4.79 Å². The quantitative estimate of drug-likeness (QED) is 0.390. The molecule has 2 aromatic rings. The van der Waals surface area contributed by atoms with Gasteiger partial charge in [0.15, 0.2) is 0 Å². The lowest BCUT2D eigenvalue weighted by Gasteiger charge is -2.18. The molecule has 0 bridgehead atoms. The van der Waals surface area contributed by atoms with Crippen molar-refractivity contribution in [3.8, 4) is 0 Å². The van der Waals surface area contributed by atoms with Gasteiger partial charge in [-0.3, -0.25) is 4.79 Å². The Balaban J connectivity index is 1.93. The lowest BCUT2D eigenvalue weighted by molar-refractivity contribution is -0.143. The maximum Gasteiger partial charge on any atom is 0.305 e. The fourth-order valence-corrected chi connectivity index (χ4v) is 3.06. The standard InChI is InChI=1S/C23H30O2/c1-3-4-5-9-18-25-23(24)17-16-22(20-10-7-6-8-11-20)21-14-12-19(2)13-15-21/h6-8,10-15,22H,3-5,9,16-18H2,1-2H3. The number of esters is 1. The first-order chi connectivity index (χ1) is 12.2. The second kappa shape index (κ2) is 10.7. The van der Waals surface area contributed by atoms with E-state index in [0.29, 0.717) is 13.0 Å². The average molecular weight is 338 g/mol. The first-order valence-electron chi connectivity index (χ1n) is 9.48. The molecule has 1 atom stereocenters. The van der Waals surface area contributed by atoms with Crippen LogP contribution in [0, 0.1) is 6.92 Å². The largest absolute Gasteiger partial charge is 0.466 e. The summed E-state index contributed by atoms with van der Waals surface area (Å²) in [5, 5.41) is 0. The van der Waals surface area contributed by atoms with Crippen LogP contribution in [0.2, 0.25) is 0 Å². The first-order valence-corrected chi connectivity index (χ1v) is 9.48. The first kappa shape index (κ1) is 19.2. The lowest BCUT2D eigenvalue weighted by atomic mass is 9.87. The summed E-state index contributed by atoms with van der Waals surface area (Å²) in [5.74, 6) is 0.152. The molecule has 0 fully saturated rings. The zero-order valence-electron chi connectivity index (χ0n) is 15.5. The molecule has 0 saturated heterocycles. The fourth-order valence-electron chi connectivity index (χ4n) is 3.06. The number of rotatable bonds is 10. The predicted molar refractivity (Wildman–Crippen MR) is 104 cm³/mol. The second-order valence-corrected chi connectivity index (χ2v) is 6.69. The van der Waals surface area contributed by atoms with Crippen molar-refractivity contribution in [1.82, 2.24) is 0 Å². The number of carbonyl (C=O) groups excluding carboxylic acids is 1. The Morgan fingerprint density at radius 1 is 0.920 bits per heavy atom. The number of aryl methyl sites for hydroxylation is 1. The van der Waals surface area contributed by atoms with Gasteiger partial charge in [-0.15, -0.1) is 0 Å². The summed E-state index contributed by atoms with van der Waals surface area (Å²) in [4.78, 5) is 12.1. The number of ether oxygens (including phenoxy) is 1. The maximum atomic E-state index is 12.1. The maximum absolute atomic E-state index is 12.1. The second-order valence-electron chi connectivity index (χ2n) is 6.69. The Bertz CT molecular complexity index is 616. The molecule has 0 aliphatic carbocycles. The third kappa shape index (κ3) is 6.74. The average Bonchev–Trinajstić information content (AvgIpc) is 2.64. The molecule has 2 nitrogen and oxygen atoms in total. The van der Waals surface area contributed by atoms with Gasteiger partial charge in [-0.25, -0.2) is 0 Å². The number of benzene rings is 2. The Morgan fingerprint density at radius 2 is 1.60 bits per heavy atom. The molecule has 0 N–H and O–H groups in total. The lowest BCUT2D eigenvalue weighted by Crippen LogP contribution is -2.09. The highest BCUT2D eigenvalue weighted by Gasteiger charge is 2.16. The number of hydrogen-bond donors (Lipinski definition) is 0. The molecule has 0 aliphatic rings. The van der Waals surface area contributed by atoms with Crippen molar-refractivity contribution in [2.45, 2.75) is 58.3 Å². The van der Waals surface area contributed by atoms with Gasteiger partial charge < -0.3 is 4.74 Å². The van der Waals surface area contributed by atoms with Gasteiger partial charge in [0.25, 0.3) is 0 Å². The topological polar surface area (TPSA) is 26.3 Å². The van der Waals surface area contributed by atoms with Crippen molar-refractivity contribution >= 4 is 5.97 Å². The van der Waals surface area contributed by atoms with Gasteiger partial charge in [0.2, 0.25) is 0 Å². The van der Waals surface area contributed by atoms with Crippen molar-refractivity contribution in [3.63, 3.8) is 0 Å². The van der Waals surface area contributed by atoms with Crippen molar-refractivity contribution in [2.24, 2.45) is 0 Å². The van der Waals surface area contributed by atoms with E-state index in [4.69, 9.17) is 4.74 Å². The van der Waals surface area contributed by atoms with Crippen LogP contribution in [0.4, 0.5) is 0 Å². The van der Waals surface area contributed by atoms with Crippen LogP contribution in [0.3, 0.4) is 0 Å². The van der Waals surface area contributed by atoms with E-state index in [1.54, 1.807) is 0 Å². The number of unbranched alkanes of at least 4 members (excludes halogenated alkanes) is 3. The minimum Gasteiger partial charge on any atom is -0.466 e. The summed E-state index contributed by atoms with van der Waals surface area (Å²) in [6.07, 6.45) is 5.76. The van der Waals surface area contributed by atoms with Gasteiger partial charge in [-0.1, -0.05) is 86.3 Å². The van der Waals surface area contributed by atoms with Crippen LogP contribution in [0.25, 0.3) is 0 Å². The molecule has 0 aromatic heterocycles. The minimum absolute atomic E-state index is 0.0791. The summed E-state index contributed by atoms with van der Waals surface area (Å²) >= 11 is 0. The van der Waals surface area contributed by atoms with E-state index in [1.165, 1.54) is 29.5 Å². The van der Waals surface area contributed by atoms with Gasteiger partial charge in [-0.05, 0) is 30.9 Å². The van der Waals surface area contributed by atoms with Crippen LogP contribution in [0.1, 0.15) is 68.1 Å². The molecule has 1 unspecified atom stereocenters. The molecule has 0 aliphatic heterocycles. The summed E-state index contributed by atoms with van der Waals surface area (Å²) in [7, 11) is 0. The summed E-state index contributed by atoms with van der Waals surface area (Å²) in [5.41, 5.74) is 3.76. The predicted octanol–water partition coefficient (Wildman–Crippen LogP) is 6.03. The molecule has 0 amide bonds. The van der Waals surface area contributed by atoms with Gasteiger partial charge in [-0.2, -0.15) is 0 Å². The SMILES string of the molecule is CCCCCCOC(=O)CCC(c1ccccc1)c1ccc(C)cc1. The van der Waals surface area contributed by atoms with Gasteiger partial charge >= 0.3 is 5.97 Å². The summed E-state index contributed by atoms with van der Waals surface area (Å²) in [6.45, 7) is 4.83. The molecular weight excluding hydrogens is 308 g/mol. The molecule has 0 saturated carbocycles. The van der Waals surface area contributed by atoms with Crippen LogP contribution in [0.5, 0.6) is 0 Å². The highest BCUT2D eigenvalue weighted by molar-refractivity contribution is 5.69. The number of carbonyl (C=O) groups is 1. The van der Waals surface area contributed by atoms with Crippen molar-refractivity contribution in [1.29, 1.82) is 0 Å². The third-order valence-electron chi connectivity index (χ3n) is 4.58. The molecule has 134 valence electrons. The highest BCUT2D eigenvalue weighted by atomic mass is 16.5. The van der Waals surface area contributed by atoms with Crippen molar-refractivity contribution in [2.75, 3.05) is 6.61 Å². The van der Waals surface area contributed by atoms with Crippen LogP contribution < -0.4 is 0 Å². The molecule has 0 heterocycles. The summed E-state index contributed by atoms with van der Waals surface area (Å²) in [6, 6.07) is 19.0. The van der Waals surface area contributed by atoms with Crippen molar-refractivity contribution < 1.29 is 9.53 Å². The van der Waals surface area contributed by atoms with Crippen molar-refractivity contribution in [3.05, 3.63) is 71.3 Å². The molecule has 2 aromatic carbocycles. The monoisotopic (exact) mass is 338 g/mol. The van der Waals surface area contributed by atoms with E-state index in [1.807, 2.05) is 6.07 Å². The van der Waals surface area contributed by atoms with E-state index >= 15 is 0 Å². The van der Waals surface area contributed by atoms with E-state index in [-0.39, 0.29) is 11.9 Å². The minimum atomic E-state index is -0.0791. The molecule has 25 heavy (non-hydrogen) atoms. The molecule has 0 spiro atoms. The van der Waals surface area contributed by atoms with Crippen LogP contribution in [-0.4, -0.2) is 12.6 Å². The zero-order chi connectivity index (χ0) is 17.9. The van der Waals surface area contributed by atoms with E-state index in [2.05, 4.69) is 62.4 Å². The van der Waals surface area contributed by atoms with Gasteiger partial charge in [0.1, 0.15) is 0 Å². The Labute approximate surface area is 152 Å². The molecule has 2 heteroatoms. The smallest absolute Gasteiger partial charge is 0.305 e. The van der Waals surface area contributed by atoms with E-state index < -0.39 is 0 Å². The molecule has 0 radical (unpaired) electrons. The molecular formula is C23H30O2. The van der Waals surface area contributed by atoms with Gasteiger partial charge in [0, 0.05) is 12.3 Å². The Hall–Kier alpha value is -2.09. The summed E-state index contributed by atoms with van der Waals surface area (Å²) < 4.78 is 5.39. The van der Waals surface area contributed by atoms with Crippen LogP contribution in [0.15, 0.2) is 54.6 Å². The Kier molecular flexibility index (Phi) is 8.24. The fraction of sp³-hybridized carbons (Fsp3) is 0.435. The third-order valence-corrected chi connectivity index (χ3v) is 4.58.